The number of furan rings is 1. The zero-order chi connectivity index (χ0) is 18.1. The predicted octanol–water partition coefficient (Wildman–Crippen LogP) is 2.23. The fourth-order valence-electron chi connectivity index (χ4n) is 3.07. The topological polar surface area (TPSA) is 73.0 Å². The summed E-state index contributed by atoms with van der Waals surface area (Å²) in [7, 11) is 0. The van der Waals surface area contributed by atoms with Crippen molar-refractivity contribution in [2.24, 2.45) is 4.99 Å². The van der Waals surface area contributed by atoms with Gasteiger partial charge in [0.05, 0.1) is 6.54 Å². The first-order valence-corrected chi connectivity index (χ1v) is 9.55. The van der Waals surface area contributed by atoms with Crippen LogP contribution in [0.5, 0.6) is 0 Å². The van der Waals surface area contributed by atoms with Crippen molar-refractivity contribution in [2.45, 2.75) is 52.1 Å². The van der Waals surface area contributed by atoms with Gasteiger partial charge in [-0.2, -0.15) is 0 Å². The Balaban J connectivity index is 1.84. The fourth-order valence-corrected chi connectivity index (χ4v) is 3.07. The minimum Gasteiger partial charge on any atom is -0.463 e. The van der Waals surface area contributed by atoms with Gasteiger partial charge in [0.1, 0.15) is 17.1 Å². The van der Waals surface area contributed by atoms with Gasteiger partial charge < -0.3 is 25.1 Å². The SMILES string of the molecule is CCNC(=NCC(C)(O)c1ccc(C)o1)NCCN1CCCCCC1. The van der Waals surface area contributed by atoms with Crippen LogP contribution in [0.1, 0.15) is 51.1 Å². The van der Waals surface area contributed by atoms with E-state index in [-0.39, 0.29) is 6.54 Å². The molecule has 6 nitrogen and oxygen atoms in total. The molecule has 0 bridgehead atoms. The minimum absolute atomic E-state index is 0.249. The molecule has 2 heterocycles. The van der Waals surface area contributed by atoms with Gasteiger partial charge in [-0.15, -0.1) is 0 Å². The molecule has 142 valence electrons. The lowest BCUT2D eigenvalue weighted by atomic mass is 10.0. The molecule has 1 aliphatic heterocycles. The predicted molar refractivity (Wildman–Crippen MR) is 102 cm³/mol. The largest absolute Gasteiger partial charge is 0.463 e. The Bertz CT molecular complexity index is 531. The second-order valence-corrected chi connectivity index (χ2v) is 7.06. The molecule has 6 heteroatoms. The lowest BCUT2D eigenvalue weighted by molar-refractivity contribution is 0.0428. The summed E-state index contributed by atoms with van der Waals surface area (Å²) in [4.78, 5) is 7.06. The molecule has 0 saturated carbocycles. The van der Waals surface area contributed by atoms with Crippen molar-refractivity contribution in [1.82, 2.24) is 15.5 Å². The number of aliphatic imine (C=N–C) groups is 1. The van der Waals surface area contributed by atoms with E-state index < -0.39 is 5.60 Å². The fraction of sp³-hybridized carbons (Fsp3) is 0.737. The first kappa shape index (κ1) is 19.8. The Labute approximate surface area is 151 Å². The van der Waals surface area contributed by atoms with Gasteiger partial charge in [0, 0.05) is 19.6 Å². The number of nitrogens with one attached hydrogen (secondary N) is 2. The molecule has 1 aromatic heterocycles. The standard InChI is InChI=1S/C19H34N4O2/c1-4-20-18(21-11-14-23-12-7-5-6-8-13-23)22-15-19(3,24)17-10-9-16(2)25-17/h9-10,24H,4-8,11-15H2,1-3H3,(H2,20,21,22). The van der Waals surface area contributed by atoms with Crippen LogP contribution in [0, 0.1) is 6.92 Å². The van der Waals surface area contributed by atoms with E-state index in [0.717, 1.165) is 31.4 Å². The molecule has 0 aliphatic carbocycles. The molecule has 1 aromatic rings. The van der Waals surface area contributed by atoms with Crippen LogP contribution < -0.4 is 10.6 Å². The van der Waals surface area contributed by atoms with Crippen molar-refractivity contribution in [2.75, 3.05) is 39.3 Å². The van der Waals surface area contributed by atoms with Gasteiger partial charge in [-0.3, -0.25) is 0 Å². The summed E-state index contributed by atoms with van der Waals surface area (Å²) < 4.78 is 5.55. The van der Waals surface area contributed by atoms with Gasteiger partial charge in [0.2, 0.25) is 0 Å². The van der Waals surface area contributed by atoms with Crippen molar-refractivity contribution in [1.29, 1.82) is 0 Å². The van der Waals surface area contributed by atoms with Crippen LogP contribution in [0.25, 0.3) is 0 Å². The first-order valence-electron chi connectivity index (χ1n) is 9.55. The van der Waals surface area contributed by atoms with Crippen LogP contribution in [0.3, 0.4) is 0 Å². The smallest absolute Gasteiger partial charge is 0.191 e. The average molecular weight is 351 g/mol. The van der Waals surface area contributed by atoms with Crippen LogP contribution in [0.15, 0.2) is 21.5 Å². The highest BCUT2D eigenvalue weighted by atomic mass is 16.4. The number of nitrogens with zero attached hydrogens (tertiary/aromatic N) is 2. The Morgan fingerprint density at radius 3 is 2.56 bits per heavy atom. The van der Waals surface area contributed by atoms with E-state index in [1.807, 2.05) is 26.0 Å². The maximum Gasteiger partial charge on any atom is 0.191 e. The van der Waals surface area contributed by atoms with Crippen LogP contribution in [0.4, 0.5) is 0 Å². The number of rotatable bonds is 7. The molecule has 0 amide bonds. The number of likely N-dealkylation sites (tertiary alicyclic amines) is 1. The highest BCUT2D eigenvalue weighted by Crippen LogP contribution is 2.23. The molecule has 0 radical (unpaired) electrons. The molecule has 0 aromatic carbocycles. The van der Waals surface area contributed by atoms with E-state index in [4.69, 9.17) is 4.42 Å². The highest BCUT2D eigenvalue weighted by Gasteiger charge is 2.26. The summed E-state index contributed by atoms with van der Waals surface area (Å²) in [6.45, 7) is 11.0. The van der Waals surface area contributed by atoms with E-state index in [1.165, 1.54) is 38.8 Å². The van der Waals surface area contributed by atoms with E-state index in [2.05, 4.69) is 20.5 Å². The van der Waals surface area contributed by atoms with E-state index in [9.17, 15) is 5.11 Å². The zero-order valence-electron chi connectivity index (χ0n) is 16.0. The zero-order valence-corrected chi connectivity index (χ0v) is 16.0. The molecule has 1 fully saturated rings. The summed E-state index contributed by atoms with van der Waals surface area (Å²) in [5.41, 5.74) is -1.11. The van der Waals surface area contributed by atoms with Crippen molar-refractivity contribution in [3.8, 4) is 0 Å². The lowest BCUT2D eigenvalue weighted by Crippen LogP contribution is -2.42. The summed E-state index contributed by atoms with van der Waals surface area (Å²) in [6, 6.07) is 3.67. The normalized spacial score (nSPS) is 19.3. The van der Waals surface area contributed by atoms with Crippen molar-refractivity contribution >= 4 is 5.96 Å². The lowest BCUT2D eigenvalue weighted by Gasteiger charge is -2.22. The second kappa shape index (κ2) is 9.82. The maximum absolute atomic E-state index is 10.6. The van der Waals surface area contributed by atoms with Gasteiger partial charge in [0.15, 0.2) is 5.96 Å². The number of aliphatic hydroxyl groups is 1. The van der Waals surface area contributed by atoms with Crippen molar-refractivity contribution in [3.05, 3.63) is 23.7 Å². The summed E-state index contributed by atoms with van der Waals surface area (Å²) in [5, 5.41) is 17.2. The van der Waals surface area contributed by atoms with Gasteiger partial charge in [-0.25, -0.2) is 4.99 Å². The van der Waals surface area contributed by atoms with Crippen molar-refractivity contribution in [3.63, 3.8) is 0 Å². The quantitative estimate of drug-likeness (QED) is 0.519. The molecule has 1 saturated heterocycles. The third-order valence-corrected chi connectivity index (χ3v) is 4.58. The second-order valence-electron chi connectivity index (χ2n) is 7.06. The number of hydrogen-bond acceptors (Lipinski definition) is 4. The Kier molecular flexibility index (Phi) is 7.78. The molecule has 2 rings (SSSR count). The number of guanidine groups is 1. The molecule has 1 aliphatic rings. The average Bonchev–Trinajstić information content (AvgIpc) is 2.86. The minimum atomic E-state index is -1.11. The Morgan fingerprint density at radius 1 is 1.24 bits per heavy atom. The molecule has 0 spiro atoms. The number of aryl methyl sites for hydroxylation is 1. The van der Waals surface area contributed by atoms with Crippen LogP contribution in [0.2, 0.25) is 0 Å². The third-order valence-electron chi connectivity index (χ3n) is 4.58. The van der Waals surface area contributed by atoms with E-state index in [0.29, 0.717) is 5.76 Å². The summed E-state index contributed by atoms with van der Waals surface area (Å²) >= 11 is 0. The highest BCUT2D eigenvalue weighted by molar-refractivity contribution is 5.79. The van der Waals surface area contributed by atoms with E-state index in [1.54, 1.807) is 6.92 Å². The number of hydrogen-bond donors (Lipinski definition) is 3. The van der Waals surface area contributed by atoms with Gasteiger partial charge >= 0.3 is 0 Å². The maximum atomic E-state index is 10.6. The first-order chi connectivity index (χ1) is 12.0. The van der Waals surface area contributed by atoms with Crippen molar-refractivity contribution < 1.29 is 9.52 Å². The molecule has 1 atom stereocenters. The van der Waals surface area contributed by atoms with Crippen LogP contribution >= 0.6 is 0 Å². The summed E-state index contributed by atoms with van der Waals surface area (Å²) in [6.07, 6.45) is 5.32. The molecule has 25 heavy (non-hydrogen) atoms. The molecule has 1 unspecified atom stereocenters. The monoisotopic (exact) mass is 350 g/mol. The molecule has 3 N–H and O–H groups in total. The third kappa shape index (κ3) is 6.71. The molecular formula is C19H34N4O2. The van der Waals surface area contributed by atoms with Gasteiger partial charge in [0.25, 0.3) is 0 Å². The molecular weight excluding hydrogens is 316 g/mol. The van der Waals surface area contributed by atoms with Gasteiger partial charge in [-0.1, -0.05) is 12.8 Å². The Hall–Kier alpha value is -1.53. The summed E-state index contributed by atoms with van der Waals surface area (Å²) in [5.74, 6) is 2.08. The van der Waals surface area contributed by atoms with Crippen LogP contribution in [-0.4, -0.2) is 55.2 Å². The van der Waals surface area contributed by atoms with Gasteiger partial charge in [-0.05, 0) is 58.8 Å². The van der Waals surface area contributed by atoms with Crippen LogP contribution in [-0.2, 0) is 5.60 Å². The Morgan fingerprint density at radius 2 is 1.96 bits per heavy atom. The van der Waals surface area contributed by atoms with E-state index >= 15 is 0 Å².